The van der Waals surface area contributed by atoms with Gasteiger partial charge in [-0.3, -0.25) is 0 Å². The summed E-state index contributed by atoms with van der Waals surface area (Å²) in [5.74, 6) is 0. The van der Waals surface area contributed by atoms with Gasteiger partial charge in [0, 0.05) is 9.61 Å². The van der Waals surface area contributed by atoms with E-state index in [2.05, 4.69) is 60.0 Å². The Hall–Kier alpha value is 0.200. The van der Waals surface area contributed by atoms with Gasteiger partial charge in [0.25, 0.3) is 0 Å². The lowest BCUT2D eigenvalue weighted by molar-refractivity contribution is 0.479. The van der Waals surface area contributed by atoms with E-state index in [1.54, 1.807) is 0 Å². The van der Waals surface area contributed by atoms with Crippen molar-refractivity contribution in [2.75, 3.05) is 6.54 Å². The van der Waals surface area contributed by atoms with Crippen molar-refractivity contribution >= 4 is 34.2 Å². The fourth-order valence-electron chi connectivity index (χ4n) is 2.31. The lowest BCUT2D eigenvalue weighted by Gasteiger charge is -2.19. The largest absolute Gasteiger partial charge is 0.310 e. The predicted molar refractivity (Wildman–Crippen MR) is 94.0 cm³/mol. The summed E-state index contributed by atoms with van der Waals surface area (Å²) < 4.78 is 1.13. The van der Waals surface area contributed by atoms with Crippen LogP contribution in [-0.2, 0) is 0 Å². The Morgan fingerprint density at radius 3 is 2.53 bits per heavy atom. The maximum atomic E-state index is 6.23. The number of rotatable bonds is 9. The lowest BCUT2D eigenvalue weighted by Crippen LogP contribution is -2.20. The second-order valence-corrected chi connectivity index (χ2v) is 6.56. The molecule has 19 heavy (non-hydrogen) atoms. The van der Waals surface area contributed by atoms with Crippen molar-refractivity contribution in [3.05, 3.63) is 32.4 Å². The SMILES string of the molecule is CCCCCCCC(NCC)c1ccc(I)c(Cl)c1. The van der Waals surface area contributed by atoms with Gasteiger partial charge < -0.3 is 5.32 Å². The molecule has 0 spiro atoms. The smallest absolute Gasteiger partial charge is 0.0542 e. The van der Waals surface area contributed by atoms with Crippen molar-refractivity contribution in [2.45, 2.75) is 58.4 Å². The molecule has 1 nitrogen and oxygen atoms in total. The van der Waals surface area contributed by atoms with Gasteiger partial charge in [0.2, 0.25) is 0 Å². The van der Waals surface area contributed by atoms with Crippen LogP contribution in [0.1, 0.15) is 64.0 Å². The van der Waals surface area contributed by atoms with Crippen molar-refractivity contribution in [1.82, 2.24) is 5.32 Å². The Bertz CT molecular complexity index is 368. The van der Waals surface area contributed by atoms with Crippen molar-refractivity contribution in [2.24, 2.45) is 0 Å². The van der Waals surface area contributed by atoms with E-state index in [9.17, 15) is 0 Å². The minimum absolute atomic E-state index is 0.445. The second-order valence-electron chi connectivity index (χ2n) is 4.99. The van der Waals surface area contributed by atoms with Crippen LogP contribution in [0, 0.1) is 3.57 Å². The Kier molecular flexibility index (Phi) is 9.08. The fourth-order valence-corrected chi connectivity index (χ4v) is 2.84. The van der Waals surface area contributed by atoms with Crippen LogP contribution in [0.3, 0.4) is 0 Å². The number of hydrogen-bond acceptors (Lipinski definition) is 1. The van der Waals surface area contributed by atoms with Gasteiger partial charge >= 0.3 is 0 Å². The van der Waals surface area contributed by atoms with E-state index in [0.717, 1.165) is 15.1 Å². The summed E-state index contributed by atoms with van der Waals surface area (Å²) in [5.41, 5.74) is 1.32. The molecule has 1 unspecified atom stereocenters. The first-order valence-electron chi connectivity index (χ1n) is 7.37. The van der Waals surface area contributed by atoms with Crippen molar-refractivity contribution in [3.63, 3.8) is 0 Å². The van der Waals surface area contributed by atoms with Gasteiger partial charge in [-0.1, -0.05) is 63.6 Å². The Morgan fingerprint density at radius 2 is 1.89 bits per heavy atom. The highest BCUT2D eigenvalue weighted by molar-refractivity contribution is 14.1. The zero-order valence-corrected chi connectivity index (χ0v) is 14.9. The summed E-state index contributed by atoms with van der Waals surface area (Å²) in [6.45, 7) is 5.43. The Morgan fingerprint density at radius 1 is 1.16 bits per heavy atom. The van der Waals surface area contributed by atoms with E-state index in [1.807, 2.05) is 0 Å². The first-order valence-corrected chi connectivity index (χ1v) is 8.83. The quantitative estimate of drug-likeness (QED) is 0.403. The number of nitrogens with one attached hydrogen (secondary N) is 1. The predicted octanol–water partition coefficient (Wildman–Crippen LogP) is 5.96. The van der Waals surface area contributed by atoms with E-state index in [4.69, 9.17) is 11.6 Å². The topological polar surface area (TPSA) is 12.0 Å². The highest BCUT2D eigenvalue weighted by Crippen LogP contribution is 2.26. The number of halogens is 2. The standard InChI is InChI=1S/C16H25ClIN/c1-3-5-6-7-8-9-16(19-4-2)13-10-11-15(18)14(17)12-13/h10-12,16,19H,3-9H2,1-2H3. The second kappa shape index (κ2) is 10.0. The highest BCUT2D eigenvalue weighted by atomic mass is 127. The molecule has 0 bridgehead atoms. The zero-order valence-electron chi connectivity index (χ0n) is 12.0. The number of hydrogen-bond donors (Lipinski definition) is 1. The minimum atomic E-state index is 0.445. The maximum absolute atomic E-state index is 6.23. The molecular weight excluding hydrogens is 369 g/mol. The van der Waals surface area contributed by atoms with Gasteiger partial charge in [-0.05, 0) is 53.3 Å². The van der Waals surface area contributed by atoms with E-state index >= 15 is 0 Å². The molecule has 1 atom stereocenters. The molecule has 0 amide bonds. The van der Waals surface area contributed by atoms with Gasteiger partial charge in [-0.15, -0.1) is 0 Å². The third kappa shape index (κ3) is 6.46. The number of unbranched alkanes of at least 4 members (excludes halogenated alkanes) is 4. The molecule has 0 aliphatic heterocycles. The van der Waals surface area contributed by atoms with Crippen molar-refractivity contribution in [1.29, 1.82) is 0 Å². The molecule has 0 aromatic heterocycles. The number of benzene rings is 1. The van der Waals surface area contributed by atoms with Gasteiger partial charge in [0.15, 0.2) is 0 Å². The van der Waals surface area contributed by atoms with E-state index in [1.165, 1.54) is 44.1 Å². The summed E-state index contributed by atoms with van der Waals surface area (Å²) >= 11 is 8.50. The minimum Gasteiger partial charge on any atom is -0.310 e. The van der Waals surface area contributed by atoms with Crippen LogP contribution in [0.25, 0.3) is 0 Å². The van der Waals surface area contributed by atoms with Crippen LogP contribution in [0.4, 0.5) is 0 Å². The molecule has 108 valence electrons. The van der Waals surface area contributed by atoms with Gasteiger partial charge in [0.05, 0.1) is 5.02 Å². The molecule has 0 heterocycles. The maximum Gasteiger partial charge on any atom is 0.0542 e. The van der Waals surface area contributed by atoms with Crippen LogP contribution >= 0.6 is 34.2 Å². The van der Waals surface area contributed by atoms with Gasteiger partial charge in [-0.25, -0.2) is 0 Å². The normalized spacial score (nSPS) is 12.6. The lowest BCUT2D eigenvalue weighted by atomic mass is 10.00. The van der Waals surface area contributed by atoms with E-state index < -0.39 is 0 Å². The molecule has 1 N–H and O–H groups in total. The molecule has 0 fully saturated rings. The molecule has 1 aromatic rings. The molecule has 1 rings (SSSR count). The van der Waals surface area contributed by atoms with E-state index in [-0.39, 0.29) is 0 Å². The highest BCUT2D eigenvalue weighted by Gasteiger charge is 2.11. The third-order valence-corrected chi connectivity index (χ3v) is 4.97. The summed E-state index contributed by atoms with van der Waals surface area (Å²) in [7, 11) is 0. The summed E-state index contributed by atoms with van der Waals surface area (Å²) in [4.78, 5) is 0. The summed E-state index contributed by atoms with van der Waals surface area (Å²) in [6, 6.07) is 6.87. The average molecular weight is 394 g/mol. The molecule has 0 saturated carbocycles. The monoisotopic (exact) mass is 393 g/mol. The van der Waals surface area contributed by atoms with Crippen LogP contribution in [-0.4, -0.2) is 6.54 Å². The molecule has 0 aliphatic rings. The molecule has 1 aromatic carbocycles. The average Bonchev–Trinajstić information content (AvgIpc) is 2.40. The van der Waals surface area contributed by atoms with Crippen LogP contribution in [0.2, 0.25) is 5.02 Å². The van der Waals surface area contributed by atoms with E-state index in [0.29, 0.717) is 6.04 Å². The van der Waals surface area contributed by atoms with Crippen molar-refractivity contribution in [3.8, 4) is 0 Å². The molecule has 0 saturated heterocycles. The fraction of sp³-hybridized carbons (Fsp3) is 0.625. The van der Waals surface area contributed by atoms with Gasteiger partial charge in [0.1, 0.15) is 0 Å². The molecule has 0 aliphatic carbocycles. The first kappa shape index (κ1) is 17.3. The van der Waals surface area contributed by atoms with Crippen LogP contribution in [0.5, 0.6) is 0 Å². The first-order chi connectivity index (χ1) is 9.19. The Balaban J connectivity index is 2.53. The molecular formula is C16H25ClIN. The Labute approximate surface area is 136 Å². The summed E-state index contributed by atoms with van der Waals surface area (Å²) in [5, 5.41) is 4.44. The van der Waals surface area contributed by atoms with Crippen molar-refractivity contribution < 1.29 is 0 Å². The van der Waals surface area contributed by atoms with Crippen LogP contribution < -0.4 is 5.32 Å². The third-order valence-electron chi connectivity index (χ3n) is 3.39. The summed E-state index contributed by atoms with van der Waals surface area (Å²) in [6.07, 6.45) is 7.87. The molecule has 0 radical (unpaired) electrons. The van der Waals surface area contributed by atoms with Gasteiger partial charge in [-0.2, -0.15) is 0 Å². The zero-order chi connectivity index (χ0) is 14.1. The molecule has 3 heteroatoms. The van der Waals surface area contributed by atoms with Crippen LogP contribution in [0.15, 0.2) is 18.2 Å².